The fraction of sp³-hybridized carbons (Fsp3) is 0.182. The Morgan fingerprint density at radius 1 is 1.31 bits per heavy atom. The van der Waals surface area contributed by atoms with Crippen LogP contribution in [0.5, 0.6) is 5.75 Å². The number of hydrogen-bond donors (Lipinski definition) is 0. The molecule has 16 heavy (non-hydrogen) atoms. The van der Waals surface area contributed by atoms with Crippen molar-refractivity contribution in [2.75, 3.05) is 13.2 Å². The lowest BCUT2D eigenvalue weighted by Crippen LogP contribution is -2.00. The van der Waals surface area contributed by atoms with Gasteiger partial charge in [0.15, 0.2) is 0 Å². The molecule has 1 heterocycles. The maximum atomic E-state index is 8.13. The quantitative estimate of drug-likeness (QED) is 0.339. The molecule has 1 aromatic heterocycles. The van der Waals surface area contributed by atoms with Crippen molar-refractivity contribution in [3.63, 3.8) is 0 Å². The Kier molecular flexibility index (Phi) is 3.21. The van der Waals surface area contributed by atoms with Gasteiger partial charge in [-0.05, 0) is 29.8 Å². The van der Waals surface area contributed by atoms with E-state index in [0.29, 0.717) is 13.2 Å². The summed E-state index contributed by atoms with van der Waals surface area (Å²) >= 11 is 0. The number of pyridine rings is 1. The molecule has 5 nitrogen and oxygen atoms in total. The first kappa shape index (κ1) is 10.3. The number of aromatic nitrogens is 1. The van der Waals surface area contributed by atoms with Crippen molar-refractivity contribution in [1.29, 1.82) is 0 Å². The summed E-state index contributed by atoms with van der Waals surface area (Å²) in [6.45, 7) is 0.700. The van der Waals surface area contributed by atoms with Gasteiger partial charge in [-0.2, -0.15) is 0 Å². The van der Waals surface area contributed by atoms with E-state index in [1.807, 2.05) is 30.3 Å². The van der Waals surface area contributed by atoms with Gasteiger partial charge in [-0.15, -0.1) is 0 Å². The molecule has 0 fully saturated rings. The first-order chi connectivity index (χ1) is 7.92. The summed E-state index contributed by atoms with van der Waals surface area (Å²) in [4.78, 5) is 6.89. The van der Waals surface area contributed by atoms with Crippen LogP contribution in [0.4, 0.5) is 0 Å². The van der Waals surface area contributed by atoms with Gasteiger partial charge in [-0.1, -0.05) is 11.2 Å². The van der Waals surface area contributed by atoms with E-state index >= 15 is 0 Å². The van der Waals surface area contributed by atoms with Crippen LogP contribution in [0.2, 0.25) is 0 Å². The monoisotopic (exact) mass is 214 g/mol. The molecule has 0 saturated heterocycles. The Hall–Kier alpha value is -2.26. The highest BCUT2D eigenvalue weighted by Crippen LogP contribution is 2.23. The zero-order chi connectivity index (χ0) is 11.2. The van der Waals surface area contributed by atoms with Crippen molar-refractivity contribution in [2.45, 2.75) is 0 Å². The summed E-state index contributed by atoms with van der Waals surface area (Å²) in [7, 11) is 0. The Morgan fingerprint density at radius 3 is 3.12 bits per heavy atom. The summed E-state index contributed by atoms with van der Waals surface area (Å²) in [5.74, 6) is 0.763. The predicted molar refractivity (Wildman–Crippen MR) is 61.3 cm³/mol. The van der Waals surface area contributed by atoms with Gasteiger partial charge in [0.2, 0.25) is 0 Å². The van der Waals surface area contributed by atoms with Crippen LogP contribution in [0.3, 0.4) is 0 Å². The zero-order valence-electron chi connectivity index (χ0n) is 8.58. The molecule has 0 N–H and O–H groups in total. The fourth-order valence-electron chi connectivity index (χ4n) is 1.44. The van der Waals surface area contributed by atoms with Gasteiger partial charge in [-0.25, -0.2) is 0 Å². The van der Waals surface area contributed by atoms with Crippen molar-refractivity contribution in [3.8, 4) is 5.75 Å². The van der Waals surface area contributed by atoms with Gasteiger partial charge >= 0.3 is 0 Å². The van der Waals surface area contributed by atoms with Crippen molar-refractivity contribution in [1.82, 2.24) is 4.98 Å². The van der Waals surface area contributed by atoms with E-state index in [-0.39, 0.29) is 0 Å². The van der Waals surface area contributed by atoms with Crippen molar-refractivity contribution < 1.29 is 4.74 Å². The van der Waals surface area contributed by atoms with Crippen molar-refractivity contribution in [2.24, 2.45) is 5.11 Å². The predicted octanol–water partition coefficient (Wildman–Crippen LogP) is 2.92. The molecule has 2 aromatic rings. The Morgan fingerprint density at radius 2 is 2.25 bits per heavy atom. The van der Waals surface area contributed by atoms with Crippen molar-refractivity contribution in [3.05, 3.63) is 47.0 Å². The average molecular weight is 214 g/mol. The molecule has 0 spiro atoms. The van der Waals surface area contributed by atoms with E-state index in [2.05, 4.69) is 15.0 Å². The first-order valence-corrected chi connectivity index (χ1v) is 4.89. The molecule has 0 bridgehead atoms. The van der Waals surface area contributed by atoms with Crippen LogP contribution in [-0.4, -0.2) is 18.1 Å². The second-order valence-corrected chi connectivity index (χ2v) is 3.13. The largest absolute Gasteiger partial charge is 0.493 e. The molecule has 0 saturated carbocycles. The van der Waals surface area contributed by atoms with Gasteiger partial charge in [0.1, 0.15) is 5.75 Å². The molecule has 0 radical (unpaired) electrons. The normalized spacial score (nSPS) is 9.75. The molecular weight excluding hydrogens is 204 g/mol. The average Bonchev–Trinajstić information content (AvgIpc) is 2.35. The number of nitrogens with zero attached hydrogens (tertiary/aromatic N) is 4. The molecule has 0 atom stereocenters. The fourth-order valence-corrected chi connectivity index (χ4v) is 1.44. The maximum absolute atomic E-state index is 8.13. The molecule has 0 aliphatic carbocycles. The first-order valence-electron chi connectivity index (χ1n) is 4.89. The summed E-state index contributed by atoms with van der Waals surface area (Å²) in [6.07, 6.45) is 1.74. The van der Waals surface area contributed by atoms with Crippen LogP contribution < -0.4 is 4.74 Å². The Labute approximate surface area is 92.3 Å². The molecule has 0 aliphatic heterocycles. The van der Waals surface area contributed by atoms with Gasteiger partial charge < -0.3 is 4.74 Å². The van der Waals surface area contributed by atoms with E-state index < -0.39 is 0 Å². The Balaban J connectivity index is 2.20. The van der Waals surface area contributed by atoms with E-state index in [1.165, 1.54) is 0 Å². The van der Waals surface area contributed by atoms with E-state index in [1.54, 1.807) is 6.20 Å². The van der Waals surface area contributed by atoms with Gasteiger partial charge in [0.25, 0.3) is 0 Å². The van der Waals surface area contributed by atoms with Gasteiger partial charge in [0.05, 0.1) is 18.7 Å². The standard InChI is InChI=1S/C11H10N4O/c12-15-14-7-8-16-11-5-1-4-10-9(11)3-2-6-13-10/h1-6H,7-8H2. The topological polar surface area (TPSA) is 70.9 Å². The Bertz CT molecular complexity index is 529. The highest BCUT2D eigenvalue weighted by Gasteiger charge is 2.00. The van der Waals surface area contributed by atoms with Gasteiger partial charge in [0, 0.05) is 16.5 Å². The van der Waals surface area contributed by atoms with Crippen LogP contribution in [0.25, 0.3) is 21.3 Å². The third-order valence-electron chi connectivity index (χ3n) is 2.12. The third-order valence-corrected chi connectivity index (χ3v) is 2.12. The number of fused-ring (bicyclic) bond motifs is 1. The lowest BCUT2D eigenvalue weighted by atomic mass is 10.2. The smallest absolute Gasteiger partial charge is 0.128 e. The van der Waals surface area contributed by atoms with Crippen LogP contribution in [0.15, 0.2) is 41.6 Å². The molecule has 0 unspecified atom stereocenters. The van der Waals surface area contributed by atoms with Crippen LogP contribution >= 0.6 is 0 Å². The lowest BCUT2D eigenvalue weighted by Gasteiger charge is -2.06. The van der Waals surface area contributed by atoms with Crippen molar-refractivity contribution >= 4 is 10.9 Å². The van der Waals surface area contributed by atoms with Crippen LogP contribution in [0, 0.1) is 0 Å². The molecule has 0 amide bonds. The molecule has 80 valence electrons. The third kappa shape index (κ3) is 2.21. The zero-order valence-corrected chi connectivity index (χ0v) is 8.58. The summed E-state index contributed by atoms with van der Waals surface area (Å²) in [5.41, 5.74) is 9.02. The number of azide groups is 1. The minimum atomic E-state index is 0.327. The molecular formula is C11H10N4O. The molecule has 5 heteroatoms. The second-order valence-electron chi connectivity index (χ2n) is 3.13. The lowest BCUT2D eigenvalue weighted by molar-refractivity contribution is 0.332. The SMILES string of the molecule is [N-]=[N+]=NCCOc1cccc2ncccc12. The molecule has 0 aliphatic rings. The van der Waals surface area contributed by atoms with Crippen LogP contribution in [-0.2, 0) is 0 Å². The van der Waals surface area contributed by atoms with Gasteiger partial charge in [-0.3, -0.25) is 4.98 Å². The molecule has 1 aromatic carbocycles. The van der Waals surface area contributed by atoms with E-state index in [0.717, 1.165) is 16.7 Å². The number of hydrogen-bond acceptors (Lipinski definition) is 3. The number of benzene rings is 1. The highest BCUT2D eigenvalue weighted by atomic mass is 16.5. The summed E-state index contributed by atoms with van der Waals surface area (Å²) in [6, 6.07) is 9.50. The van der Waals surface area contributed by atoms with E-state index in [4.69, 9.17) is 10.3 Å². The number of rotatable bonds is 4. The minimum absolute atomic E-state index is 0.327. The summed E-state index contributed by atoms with van der Waals surface area (Å²) < 4.78 is 5.52. The molecule has 2 rings (SSSR count). The minimum Gasteiger partial charge on any atom is -0.493 e. The van der Waals surface area contributed by atoms with Crippen LogP contribution in [0.1, 0.15) is 0 Å². The maximum Gasteiger partial charge on any atom is 0.128 e. The second kappa shape index (κ2) is 5.00. The summed E-state index contributed by atoms with van der Waals surface area (Å²) in [5, 5.41) is 4.37. The highest BCUT2D eigenvalue weighted by molar-refractivity contribution is 5.84. The number of ether oxygens (including phenoxy) is 1. The van der Waals surface area contributed by atoms with E-state index in [9.17, 15) is 0 Å².